The Kier molecular flexibility index (Phi) is 7.95. The highest BCUT2D eigenvalue weighted by Crippen LogP contribution is 2.42. The number of anilines is 1. The first-order chi connectivity index (χ1) is 19.8. The molecule has 3 aromatic carbocycles. The Hall–Kier alpha value is -3.67. The lowest BCUT2D eigenvalue weighted by atomic mass is 9.89. The second kappa shape index (κ2) is 11.2. The van der Waals surface area contributed by atoms with E-state index >= 15 is 0 Å². The van der Waals surface area contributed by atoms with Crippen molar-refractivity contribution in [2.45, 2.75) is 37.5 Å². The van der Waals surface area contributed by atoms with E-state index in [0.717, 1.165) is 11.8 Å². The van der Waals surface area contributed by atoms with Crippen LogP contribution in [0.15, 0.2) is 70.0 Å². The molecule has 0 radical (unpaired) electrons. The van der Waals surface area contributed by atoms with E-state index in [0.29, 0.717) is 64.1 Å². The van der Waals surface area contributed by atoms with E-state index in [1.165, 1.54) is 15.7 Å². The van der Waals surface area contributed by atoms with Crippen molar-refractivity contribution in [1.82, 2.24) is 9.62 Å². The number of rotatable bonds is 7. The van der Waals surface area contributed by atoms with Gasteiger partial charge in [0.25, 0.3) is 5.91 Å². The summed E-state index contributed by atoms with van der Waals surface area (Å²) in [6.45, 7) is 4.27. The fraction of sp³-hybridized carbons (Fsp3) is 0.323. The van der Waals surface area contributed by atoms with Crippen LogP contribution < -0.4 is 9.62 Å². The third kappa shape index (κ3) is 5.44. The van der Waals surface area contributed by atoms with E-state index < -0.39 is 20.0 Å². The van der Waals surface area contributed by atoms with Crippen molar-refractivity contribution < 1.29 is 26.0 Å². The van der Waals surface area contributed by atoms with Gasteiger partial charge >= 0.3 is 0 Å². The lowest BCUT2D eigenvalue weighted by molar-refractivity contribution is 0.0964. The van der Waals surface area contributed by atoms with Gasteiger partial charge in [0.2, 0.25) is 20.0 Å². The van der Waals surface area contributed by atoms with E-state index in [2.05, 4.69) is 5.32 Å². The summed E-state index contributed by atoms with van der Waals surface area (Å²) in [5, 5.41) is 3.23. The first-order valence-corrected chi connectivity index (χ1v) is 17.0. The topological polar surface area (TPSA) is 117 Å². The van der Waals surface area contributed by atoms with E-state index in [-0.39, 0.29) is 23.3 Å². The number of amides is 1. The van der Waals surface area contributed by atoms with Gasteiger partial charge in [0.15, 0.2) is 0 Å². The molecule has 1 amide bonds. The van der Waals surface area contributed by atoms with Crippen LogP contribution >= 0.6 is 0 Å². The first kappa shape index (κ1) is 29.8. The van der Waals surface area contributed by atoms with Gasteiger partial charge in [0.05, 0.1) is 22.4 Å². The molecule has 1 N–H and O–H groups in total. The van der Waals surface area contributed by atoms with Crippen LogP contribution in [0.5, 0.6) is 0 Å². The third-order valence-corrected chi connectivity index (χ3v) is 11.2. The number of piperidine rings is 1. The van der Waals surface area contributed by atoms with Crippen molar-refractivity contribution in [3.63, 3.8) is 0 Å². The van der Waals surface area contributed by atoms with Crippen LogP contribution in [-0.2, 0) is 20.0 Å². The summed E-state index contributed by atoms with van der Waals surface area (Å²) in [6, 6.07) is 17.9. The van der Waals surface area contributed by atoms with Crippen LogP contribution in [0.1, 0.15) is 45.8 Å². The van der Waals surface area contributed by atoms with Gasteiger partial charge in [-0.3, -0.25) is 9.10 Å². The average Bonchev–Trinajstić information content (AvgIpc) is 3.34. The summed E-state index contributed by atoms with van der Waals surface area (Å²) in [4.78, 5) is 13.5. The monoisotopic (exact) mass is 609 g/mol. The Morgan fingerprint density at radius 2 is 1.71 bits per heavy atom. The molecule has 1 aliphatic heterocycles. The summed E-state index contributed by atoms with van der Waals surface area (Å²) in [7, 11) is -4.45. The molecule has 4 aromatic rings. The van der Waals surface area contributed by atoms with Gasteiger partial charge in [-0.15, -0.1) is 0 Å². The predicted molar refractivity (Wildman–Crippen MR) is 165 cm³/mol. The molecule has 5 rings (SSSR count). The van der Waals surface area contributed by atoms with Crippen LogP contribution in [0.25, 0.3) is 22.3 Å². The second-order valence-electron chi connectivity index (χ2n) is 10.9. The Balaban J connectivity index is 1.69. The summed E-state index contributed by atoms with van der Waals surface area (Å²) >= 11 is 0. The molecule has 42 heavy (non-hydrogen) atoms. The molecule has 2 heterocycles. The first-order valence-electron chi connectivity index (χ1n) is 13.7. The van der Waals surface area contributed by atoms with Crippen LogP contribution in [-0.4, -0.2) is 60.5 Å². The number of aryl methyl sites for hydroxylation is 2. The van der Waals surface area contributed by atoms with E-state index in [4.69, 9.17) is 4.42 Å². The molecule has 0 unspecified atom stereocenters. The number of nitrogens with one attached hydrogen (secondary N) is 1. The fourth-order valence-electron chi connectivity index (χ4n) is 5.59. The third-order valence-electron chi connectivity index (χ3n) is 7.98. The minimum absolute atomic E-state index is 0.171. The van der Waals surface area contributed by atoms with Crippen molar-refractivity contribution >= 4 is 42.6 Å². The summed E-state index contributed by atoms with van der Waals surface area (Å²) in [5.74, 6) is -0.287. The van der Waals surface area contributed by atoms with Gasteiger partial charge in [-0.1, -0.05) is 48.0 Å². The highest BCUT2D eigenvalue weighted by atomic mass is 32.2. The van der Waals surface area contributed by atoms with Gasteiger partial charge in [0.1, 0.15) is 11.3 Å². The van der Waals surface area contributed by atoms with Gasteiger partial charge < -0.3 is 9.73 Å². The zero-order valence-corrected chi connectivity index (χ0v) is 26.0. The van der Waals surface area contributed by atoms with Crippen LogP contribution in [0, 0.1) is 13.8 Å². The van der Waals surface area contributed by atoms with E-state index in [1.54, 1.807) is 50.4 Å². The number of carbonyl (C=O) groups excluding carboxylic acids is 1. The molecule has 0 spiro atoms. The molecule has 222 valence electrons. The maximum absolute atomic E-state index is 13.7. The Morgan fingerprint density at radius 3 is 2.36 bits per heavy atom. The van der Waals surface area contributed by atoms with Crippen molar-refractivity contribution in [3.05, 3.63) is 82.9 Å². The second-order valence-corrected chi connectivity index (χ2v) is 14.8. The minimum Gasteiger partial charge on any atom is -0.455 e. The standard InChI is InChI=1S/C31H35N3O6S2/c1-20-12-14-22(15-13-20)30-29(31(35)32-3)25-17-24(26(18-27(25)40-30)33(4)41(5,36)37)23-10-8-16-34(19-23)42(38,39)28-11-7-6-9-21(28)2/h6-7,9,11-15,17-18,23H,8,10,16,19H2,1-5H3,(H,32,35)/t23-/m1/s1. The molecule has 1 saturated heterocycles. The van der Waals surface area contributed by atoms with Gasteiger partial charge in [-0.05, 0) is 55.9 Å². The van der Waals surface area contributed by atoms with Crippen LogP contribution in [0.3, 0.4) is 0 Å². The lowest BCUT2D eigenvalue weighted by Gasteiger charge is -2.34. The summed E-state index contributed by atoms with van der Waals surface area (Å²) in [6.07, 6.45) is 2.36. The molecule has 0 aliphatic carbocycles. The summed E-state index contributed by atoms with van der Waals surface area (Å²) < 4.78 is 61.8. The zero-order chi connectivity index (χ0) is 30.4. The minimum atomic E-state index is -3.78. The highest BCUT2D eigenvalue weighted by molar-refractivity contribution is 7.92. The predicted octanol–water partition coefficient (Wildman–Crippen LogP) is 5.04. The molecular weight excluding hydrogens is 574 g/mol. The highest BCUT2D eigenvalue weighted by Gasteiger charge is 2.34. The molecule has 1 atom stereocenters. The molecule has 0 saturated carbocycles. The fourth-order valence-corrected chi connectivity index (χ4v) is 7.85. The molecule has 9 nitrogen and oxygen atoms in total. The van der Waals surface area contributed by atoms with Crippen molar-refractivity contribution in [2.75, 3.05) is 37.7 Å². The quantitative estimate of drug-likeness (QED) is 0.314. The SMILES string of the molecule is CNC(=O)c1c(-c2ccc(C)cc2)oc2cc(N(C)S(C)(=O)=O)c([C@@H]3CCCN(S(=O)(=O)c4ccccc4C)C3)cc12. The summed E-state index contributed by atoms with van der Waals surface area (Å²) in [5.41, 5.74) is 4.15. The number of carbonyl (C=O) groups is 1. The molecule has 1 aromatic heterocycles. The lowest BCUT2D eigenvalue weighted by Crippen LogP contribution is -2.39. The number of hydrogen-bond donors (Lipinski definition) is 1. The number of hydrogen-bond acceptors (Lipinski definition) is 6. The Bertz CT molecular complexity index is 1880. The molecular formula is C31H35N3O6S2. The van der Waals surface area contributed by atoms with Crippen molar-refractivity contribution in [1.29, 1.82) is 0 Å². The van der Waals surface area contributed by atoms with E-state index in [9.17, 15) is 21.6 Å². The Morgan fingerprint density at radius 1 is 1.02 bits per heavy atom. The van der Waals surface area contributed by atoms with Crippen LogP contribution in [0.2, 0.25) is 0 Å². The Labute approximate surface area is 247 Å². The molecule has 11 heteroatoms. The number of fused-ring (bicyclic) bond motifs is 1. The maximum atomic E-state index is 13.7. The van der Waals surface area contributed by atoms with E-state index in [1.807, 2.05) is 31.2 Å². The number of benzene rings is 3. The average molecular weight is 610 g/mol. The zero-order valence-electron chi connectivity index (χ0n) is 24.3. The number of sulfonamides is 2. The van der Waals surface area contributed by atoms with Crippen molar-refractivity contribution in [3.8, 4) is 11.3 Å². The smallest absolute Gasteiger partial charge is 0.255 e. The molecule has 1 fully saturated rings. The van der Waals surface area contributed by atoms with Crippen molar-refractivity contribution in [2.24, 2.45) is 0 Å². The van der Waals surface area contributed by atoms with Crippen LogP contribution in [0.4, 0.5) is 5.69 Å². The number of nitrogens with zero attached hydrogens (tertiary/aromatic N) is 2. The van der Waals surface area contributed by atoms with Gasteiger partial charge in [-0.25, -0.2) is 16.8 Å². The molecule has 0 bridgehead atoms. The van der Waals surface area contributed by atoms with Gasteiger partial charge in [-0.2, -0.15) is 4.31 Å². The number of furan rings is 1. The largest absolute Gasteiger partial charge is 0.455 e. The van der Waals surface area contributed by atoms with Gasteiger partial charge in [0, 0.05) is 44.2 Å². The maximum Gasteiger partial charge on any atom is 0.255 e. The molecule has 1 aliphatic rings. The normalized spacial score (nSPS) is 16.5.